The molecule has 0 bridgehead atoms. The molecular formula is C17H14FN3O3S. The maximum absolute atomic E-state index is 13.5. The highest BCUT2D eigenvalue weighted by Crippen LogP contribution is 2.38. The van der Waals surface area contributed by atoms with Crippen molar-refractivity contribution in [1.82, 2.24) is 10.2 Å². The molecule has 0 spiro atoms. The van der Waals surface area contributed by atoms with E-state index >= 15 is 0 Å². The number of carbonyl (C=O) groups is 1. The van der Waals surface area contributed by atoms with Gasteiger partial charge in [0.1, 0.15) is 5.82 Å². The second-order valence-corrected chi connectivity index (χ2v) is 6.82. The first-order valence-corrected chi connectivity index (χ1v) is 8.57. The zero-order valence-corrected chi connectivity index (χ0v) is 13.8. The van der Waals surface area contributed by atoms with E-state index < -0.39 is 5.97 Å². The third kappa shape index (κ3) is 3.06. The minimum absolute atomic E-state index is 0.101. The first kappa shape index (κ1) is 15.9. The number of anilines is 1. The van der Waals surface area contributed by atoms with Crippen molar-refractivity contribution in [2.24, 2.45) is 0 Å². The molecule has 1 aliphatic heterocycles. The summed E-state index contributed by atoms with van der Waals surface area (Å²) in [4.78, 5) is 12.2. The van der Waals surface area contributed by atoms with Crippen LogP contribution in [0.5, 0.6) is 0 Å². The lowest BCUT2D eigenvalue weighted by molar-refractivity contribution is 0.0692. The number of aromatic carboxylic acids is 1. The number of benzene rings is 1. The van der Waals surface area contributed by atoms with E-state index in [4.69, 9.17) is 4.74 Å². The van der Waals surface area contributed by atoms with Crippen molar-refractivity contribution in [3.05, 3.63) is 41.8 Å². The van der Waals surface area contributed by atoms with Crippen LogP contribution < -0.4 is 5.32 Å². The molecule has 2 N–H and O–H groups in total. The van der Waals surface area contributed by atoms with Gasteiger partial charge in [0.05, 0.1) is 17.3 Å². The summed E-state index contributed by atoms with van der Waals surface area (Å²) in [6, 6.07) is 8.14. The first-order chi connectivity index (χ1) is 12.1. The number of nitrogens with zero attached hydrogens (tertiary/aromatic N) is 2. The SMILES string of the molecule is O=C(O)c1nnc(NC2CCOC2)c2cc(-c3cccc(F)c3)sc12. The van der Waals surface area contributed by atoms with E-state index in [0.29, 0.717) is 34.7 Å². The number of hydrogen-bond acceptors (Lipinski definition) is 6. The van der Waals surface area contributed by atoms with E-state index in [-0.39, 0.29) is 17.6 Å². The highest BCUT2D eigenvalue weighted by Gasteiger charge is 2.22. The number of aromatic nitrogens is 2. The summed E-state index contributed by atoms with van der Waals surface area (Å²) in [6.07, 6.45) is 0.852. The summed E-state index contributed by atoms with van der Waals surface area (Å²) in [5.74, 6) is -0.957. The highest BCUT2D eigenvalue weighted by molar-refractivity contribution is 7.22. The number of thiophene rings is 1. The Bertz CT molecular complexity index is 953. The zero-order valence-electron chi connectivity index (χ0n) is 13.0. The van der Waals surface area contributed by atoms with Gasteiger partial charge in [0, 0.05) is 16.9 Å². The first-order valence-electron chi connectivity index (χ1n) is 7.75. The van der Waals surface area contributed by atoms with E-state index in [1.165, 1.54) is 23.5 Å². The number of carboxylic acid groups (broad SMARTS) is 1. The second kappa shape index (κ2) is 6.38. The maximum Gasteiger partial charge on any atom is 0.357 e. The molecule has 4 rings (SSSR count). The molecule has 0 amide bonds. The van der Waals surface area contributed by atoms with Gasteiger partial charge in [0.25, 0.3) is 0 Å². The van der Waals surface area contributed by atoms with Crippen molar-refractivity contribution >= 4 is 33.2 Å². The Hall–Kier alpha value is -2.58. The average molecular weight is 359 g/mol. The normalized spacial score (nSPS) is 17.1. The topological polar surface area (TPSA) is 84.3 Å². The van der Waals surface area contributed by atoms with Gasteiger partial charge in [0.2, 0.25) is 0 Å². The molecule has 25 heavy (non-hydrogen) atoms. The Morgan fingerprint density at radius 3 is 2.96 bits per heavy atom. The molecule has 3 heterocycles. The predicted octanol–water partition coefficient (Wildman–Crippen LogP) is 3.40. The van der Waals surface area contributed by atoms with Gasteiger partial charge in [-0.15, -0.1) is 21.5 Å². The van der Waals surface area contributed by atoms with Gasteiger partial charge < -0.3 is 15.2 Å². The monoisotopic (exact) mass is 359 g/mol. The Kier molecular flexibility index (Phi) is 4.06. The van der Waals surface area contributed by atoms with Crippen LogP contribution in [0.1, 0.15) is 16.9 Å². The Morgan fingerprint density at radius 1 is 1.36 bits per heavy atom. The number of rotatable bonds is 4. The molecule has 8 heteroatoms. The zero-order chi connectivity index (χ0) is 17.4. The van der Waals surface area contributed by atoms with E-state index in [1.807, 2.05) is 6.07 Å². The lowest BCUT2D eigenvalue weighted by Gasteiger charge is -2.11. The number of halogens is 1. The van der Waals surface area contributed by atoms with Crippen molar-refractivity contribution < 1.29 is 19.0 Å². The van der Waals surface area contributed by atoms with Gasteiger partial charge in [-0.2, -0.15) is 0 Å². The molecule has 128 valence electrons. The number of ether oxygens (including phenoxy) is 1. The maximum atomic E-state index is 13.5. The fraction of sp³-hybridized carbons (Fsp3) is 0.235. The van der Waals surface area contributed by atoms with E-state index in [1.54, 1.807) is 12.1 Å². The molecule has 1 unspecified atom stereocenters. The molecule has 1 saturated heterocycles. The van der Waals surface area contributed by atoms with Crippen LogP contribution >= 0.6 is 11.3 Å². The quantitative estimate of drug-likeness (QED) is 0.743. The molecule has 0 radical (unpaired) electrons. The van der Waals surface area contributed by atoms with Crippen molar-refractivity contribution in [3.63, 3.8) is 0 Å². The van der Waals surface area contributed by atoms with Crippen LogP contribution in [-0.2, 0) is 4.74 Å². The molecule has 1 atom stereocenters. The minimum atomic E-state index is -1.14. The number of carboxylic acids is 1. The summed E-state index contributed by atoms with van der Waals surface area (Å²) in [5, 5.41) is 21.2. The summed E-state index contributed by atoms with van der Waals surface area (Å²) in [6.45, 7) is 1.25. The van der Waals surface area contributed by atoms with E-state index in [0.717, 1.165) is 11.3 Å². The van der Waals surface area contributed by atoms with Crippen LogP contribution in [0.25, 0.3) is 20.5 Å². The molecule has 6 nitrogen and oxygen atoms in total. The van der Waals surface area contributed by atoms with Crippen LogP contribution in [0, 0.1) is 5.82 Å². The smallest absolute Gasteiger partial charge is 0.357 e. The Morgan fingerprint density at radius 2 is 2.24 bits per heavy atom. The third-order valence-electron chi connectivity index (χ3n) is 4.03. The predicted molar refractivity (Wildman–Crippen MR) is 92.6 cm³/mol. The van der Waals surface area contributed by atoms with Crippen molar-refractivity contribution in [2.75, 3.05) is 18.5 Å². The Labute approximate surface area is 146 Å². The lowest BCUT2D eigenvalue weighted by Crippen LogP contribution is -2.20. The summed E-state index contributed by atoms with van der Waals surface area (Å²) < 4.78 is 19.4. The van der Waals surface area contributed by atoms with Gasteiger partial charge in [0.15, 0.2) is 11.5 Å². The minimum Gasteiger partial charge on any atom is -0.476 e. The van der Waals surface area contributed by atoms with Gasteiger partial charge in [-0.05, 0) is 30.2 Å². The molecule has 1 aromatic carbocycles. The Balaban J connectivity index is 1.84. The third-order valence-corrected chi connectivity index (χ3v) is 5.23. The molecule has 0 saturated carbocycles. The lowest BCUT2D eigenvalue weighted by atomic mass is 10.1. The molecular weight excluding hydrogens is 345 g/mol. The summed E-state index contributed by atoms with van der Waals surface area (Å²) in [5.41, 5.74) is 0.587. The van der Waals surface area contributed by atoms with Crippen molar-refractivity contribution in [2.45, 2.75) is 12.5 Å². The van der Waals surface area contributed by atoms with Crippen LogP contribution in [-0.4, -0.2) is 40.5 Å². The number of fused-ring (bicyclic) bond motifs is 1. The van der Waals surface area contributed by atoms with Crippen LogP contribution in [0.15, 0.2) is 30.3 Å². The van der Waals surface area contributed by atoms with Crippen molar-refractivity contribution in [3.8, 4) is 10.4 Å². The largest absolute Gasteiger partial charge is 0.476 e. The highest BCUT2D eigenvalue weighted by atomic mass is 32.1. The van der Waals surface area contributed by atoms with Crippen molar-refractivity contribution in [1.29, 1.82) is 0 Å². The van der Waals surface area contributed by atoms with Crippen LogP contribution in [0.3, 0.4) is 0 Å². The summed E-state index contributed by atoms with van der Waals surface area (Å²) >= 11 is 1.26. The van der Waals surface area contributed by atoms with E-state index in [9.17, 15) is 14.3 Å². The number of nitrogens with one attached hydrogen (secondary N) is 1. The fourth-order valence-electron chi connectivity index (χ4n) is 2.81. The second-order valence-electron chi connectivity index (χ2n) is 5.77. The van der Waals surface area contributed by atoms with Crippen LogP contribution in [0.2, 0.25) is 0 Å². The molecule has 0 aliphatic carbocycles. The van der Waals surface area contributed by atoms with Crippen LogP contribution in [0.4, 0.5) is 10.2 Å². The average Bonchev–Trinajstić information content (AvgIpc) is 3.24. The van der Waals surface area contributed by atoms with Gasteiger partial charge in [-0.25, -0.2) is 9.18 Å². The van der Waals surface area contributed by atoms with Gasteiger partial charge in [-0.1, -0.05) is 12.1 Å². The molecule has 3 aromatic rings. The number of hydrogen-bond donors (Lipinski definition) is 2. The van der Waals surface area contributed by atoms with Gasteiger partial charge in [-0.3, -0.25) is 0 Å². The van der Waals surface area contributed by atoms with Gasteiger partial charge >= 0.3 is 5.97 Å². The molecule has 1 aliphatic rings. The fourth-order valence-corrected chi connectivity index (χ4v) is 3.95. The summed E-state index contributed by atoms with van der Waals surface area (Å²) in [7, 11) is 0. The molecule has 2 aromatic heterocycles. The standard InChI is InChI=1S/C17H14FN3O3S/c18-10-3-1-2-9(6-10)13-7-12-15(25-13)14(17(22)23)20-21-16(12)19-11-4-5-24-8-11/h1-3,6-7,11H,4-5,8H2,(H,19,21)(H,22,23). The van der Waals surface area contributed by atoms with E-state index in [2.05, 4.69) is 15.5 Å². The molecule has 1 fully saturated rings.